The number of nitrogens with zero attached hydrogens (tertiary/aromatic N) is 1. The average molecular weight is 284 g/mol. The molecule has 106 valence electrons. The Morgan fingerprint density at radius 2 is 2.00 bits per heavy atom. The number of alkyl halides is 1. The van der Waals surface area contributed by atoms with Gasteiger partial charge in [0.05, 0.1) is 12.2 Å². The van der Waals surface area contributed by atoms with Gasteiger partial charge in [-0.2, -0.15) is 0 Å². The smallest absolute Gasteiger partial charge is 0.257 e. The zero-order valence-electron chi connectivity index (χ0n) is 11.7. The number of hydrogen-bond acceptors (Lipinski definition) is 2. The number of benzene rings is 1. The number of carbonyl (C=O) groups excluding carboxylic acids is 1. The first-order valence-corrected chi connectivity index (χ1v) is 7.27. The van der Waals surface area contributed by atoms with Crippen LogP contribution in [-0.2, 0) is 0 Å². The second-order valence-electron chi connectivity index (χ2n) is 4.41. The lowest BCUT2D eigenvalue weighted by atomic mass is 10.1. The molecule has 4 heteroatoms. The lowest BCUT2D eigenvalue weighted by molar-refractivity contribution is 0.0788. The molecule has 3 nitrogen and oxygen atoms in total. The summed E-state index contributed by atoms with van der Waals surface area (Å²) in [5.74, 6) is 1.35. The van der Waals surface area contributed by atoms with E-state index in [-0.39, 0.29) is 5.91 Å². The van der Waals surface area contributed by atoms with E-state index in [1.54, 1.807) is 4.90 Å². The minimum atomic E-state index is 0.00919. The Labute approximate surface area is 120 Å². The Morgan fingerprint density at radius 3 is 2.68 bits per heavy atom. The summed E-state index contributed by atoms with van der Waals surface area (Å²) in [4.78, 5) is 14.1. The van der Waals surface area contributed by atoms with Crippen molar-refractivity contribution < 1.29 is 9.53 Å². The minimum absolute atomic E-state index is 0.00919. The van der Waals surface area contributed by atoms with Gasteiger partial charge >= 0.3 is 0 Å². The average Bonchev–Trinajstić information content (AvgIpc) is 2.43. The van der Waals surface area contributed by atoms with Crippen LogP contribution in [0, 0.1) is 0 Å². The highest BCUT2D eigenvalue weighted by molar-refractivity contribution is 6.17. The van der Waals surface area contributed by atoms with Crippen LogP contribution in [0.2, 0.25) is 0 Å². The summed E-state index contributed by atoms with van der Waals surface area (Å²) in [7, 11) is 1.83. The van der Waals surface area contributed by atoms with Gasteiger partial charge in [-0.25, -0.2) is 0 Å². The highest BCUT2D eigenvalue weighted by atomic mass is 35.5. The zero-order valence-corrected chi connectivity index (χ0v) is 12.4. The number of carbonyl (C=O) groups is 1. The molecule has 0 saturated carbocycles. The van der Waals surface area contributed by atoms with Crippen molar-refractivity contribution in [1.82, 2.24) is 4.90 Å². The maximum Gasteiger partial charge on any atom is 0.257 e. The van der Waals surface area contributed by atoms with E-state index in [9.17, 15) is 4.79 Å². The van der Waals surface area contributed by atoms with Crippen LogP contribution < -0.4 is 4.74 Å². The molecule has 1 aromatic rings. The van der Waals surface area contributed by atoms with Crippen LogP contribution in [0.1, 0.15) is 36.5 Å². The van der Waals surface area contributed by atoms with E-state index in [2.05, 4.69) is 0 Å². The molecule has 0 bridgehead atoms. The topological polar surface area (TPSA) is 29.5 Å². The number of rotatable bonds is 8. The Balaban J connectivity index is 2.60. The molecule has 1 aromatic carbocycles. The maximum atomic E-state index is 12.3. The van der Waals surface area contributed by atoms with E-state index in [0.29, 0.717) is 23.8 Å². The van der Waals surface area contributed by atoms with E-state index in [4.69, 9.17) is 16.3 Å². The van der Waals surface area contributed by atoms with E-state index in [0.717, 1.165) is 25.8 Å². The predicted molar refractivity (Wildman–Crippen MR) is 79.1 cm³/mol. The number of hydrogen-bond donors (Lipinski definition) is 0. The molecule has 0 aromatic heterocycles. The number of halogens is 1. The summed E-state index contributed by atoms with van der Waals surface area (Å²) < 4.78 is 5.49. The van der Waals surface area contributed by atoms with Crippen LogP contribution in [0.25, 0.3) is 0 Å². The molecule has 0 saturated heterocycles. The largest absolute Gasteiger partial charge is 0.493 e. The van der Waals surface area contributed by atoms with Crippen molar-refractivity contribution in [3.63, 3.8) is 0 Å². The molecule has 0 heterocycles. The van der Waals surface area contributed by atoms with Gasteiger partial charge in [0, 0.05) is 19.5 Å². The molecule has 1 rings (SSSR count). The van der Waals surface area contributed by atoms with Crippen LogP contribution >= 0.6 is 11.6 Å². The Kier molecular flexibility index (Phi) is 7.34. The molecule has 0 aliphatic rings. The van der Waals surface area contributed by atoms with Crippen molar-refractivity contribution in [3.05, 3.63) is 29.8 Å². The summed E-state index contributed by atoms with van der Waals surface area (Å²) in [6.07, 6.45) is 3.03. The molecular formula is C15H22ClNO2. The fraction of sp³-hybridized carbons (Fsp3) is 0.533. The highest BCUT2D eigenvalue weighted by Gasteiger charge is 2.15. The number of para-hydroxylation sites is 1. The van der Waals surface area contributed by atoms with Gasteiger partial charge in [-0.1, -0.05) is 18.6 Å². The zero-order chi connectivity index (χ0) is 14.1. The number of amides is 1. The monoisotopic (exact) mass is 283 g/mol. The van der Waals surface area contributed by atoms with E-state index >= 15 is 0 Å². The van der Waals surface area contributed by atoms with Crippen LogP contribution in [0.4, 0.5) is 0 Å². The molecule has 0 spiro atoms. The van der Waals surface area contributed by atoms with Gasteiger partial charge in [-0.15, -0.1) is 11.6 Å². The standard InChI is InChI=1S/C15H22ClNO2/c1-3-19-14-10-6-5-9-13(14)15(18)17(2)12-8-4-7-11-16/h5-6,9-10H,3-4,7-8,11-12H2,1-2H3. The first-order valence-electron chi connectivity index (χ1n) is 6.74. The summed E-state index contributed by atoms with van der Waals surface area (Å²) >= 11 is 5.63. The van der Waals surface area contributed by atoms with Crippen molar-refractivity contribution >= 4 is 17.5 Å². The predicted octanol–water partition coefficient (Wildman–Crippen LogP) is 3.57. The molecule has 0 atom stereocenters. The fourth-order valence-electron chi connectivity index (χ4n) is 1.85. The lowest BCUT2D eigenvalue weighted by Crippen LogP contribution is -2.28. The third kappa shape index (κ3) is 5.11. The summed E-state index contributed by atoms with van der Waals surface area (Å²) in [5.41, 5.74) is 0.629. The van der Waals surface area contributed by atoms with Crippen molar-refractivity contribution in [2.24, 2.45) is 0 Å². The van der Waals surface area contributed by atoms with E-state index < -0.39 is 0 Å². The molecule has 19 heavy (non-hydrogen) atoms. The summed E-state index contributed by atoms with van der Waals surface area (Å²) in [6.45, 7) is 3.22. The van der Waals surface area contributed by atoms with Crippen molar-refractivity contribution in [2.45, 2.75) is 26.2 Å². The molecule has 0 aliphatic carbocycles. The van der Waals surface area contributed by atoms with E-state index in [1.807, 2.05) is 38.2 Å². The van der Waals surface area contributed by atoms with Crippen LogP contribution in [0.5, 0.6) is 5.75 Å². The van der Waals surface area contributed by atoms with Gasteiger partial charge in [0.15, 0.2) is 0 Å². The second-order valence-corrected chi connectivity index (χ2v) is 4.78. The molecule has 0 fully saturated rings. The molecule has 1 amide bonds. The quantitative estimate of drug-likeness (QED) is 0.539. The van der Waals surface area contributed by atoms with Gasteiger partial charge in [0.1, 0.15) is 5.75 Å². The first-order chi connectivity index (χ1) is 9.20. The minimum Gasteiger partial charge on any atom is -0.493 e. The summed E-state index contributed by atoms with van der Waals surface area (Å²) in [5, 5.41) is 0. The normalized spacial score (nSPS) is 10.3. The Hall–Kier alpha value is -1.22. The van der Waals surface area contributed by atoms with Crippen molar-refractivity contribution in [3.8, 4) is 5.75 Å². The summed E-state index contributed by atoms with van der Waals surface area (Å²) in [6, 6.07) is 7.37. The molecule has 0 unspecified atom stereocenters. The van der Waals surface area contributed by atoms with E-state index in [1.165, 1.54) is 0 Å². The van der Waals surface area contributed by atoms with Crippen LogP contribution in [0.15, 0.2) is 24.3 Å². The molecule has 0 N–H and O–H groups in total. The first kappa shape index (κ1) is 15.8. The van der Waals surface area contributed by atoms with Gasteiger partial charge < -0.3 is 9.64 Å². The van der Waals surface area contributed by atoms with Crippen LogP contribution in [0.3, 0.4) is 0 Å². The van der Waals surface area contributed by atoms with Crippen molar-refractivity contribution in [1.29, 1.82) is 0 Å². The number of ether oxygens (including phenoxy) is 1. The van der Waals surface area contributed by atoms with Gasteiger partial charge in [0.25, 0.3) is 5.91 Å². The highest BCUT2D eigenvalue weighted by Crippen LogP contribution is 2.19. The van der Waals surface area contributed by atoms with Gasteiger partial charge in [0.2, 0.25) is 0 Å². The third-order valence-corrected chi connectivity index (χ3v) is 3.16. The Bertz CT molecular complexity index is 395. The van der Waals surface area contributed by atoms with Gasteiger partial charge in [-0.05, 0) is 31.9 Å². The third-order valence-electron chi connectivity index (χ3n) is 2.89. The molecule has 0 aliphatic heterocycles. The fourth-order valence-corrected chi connectivity index (χ4v) is 2.04. The molecular weight excluding hydrogens is 262 g/mol. The lowest BCUT2D eigenvalue weighted by Gasteiger charge is -2.18. The SMILES string of the molecule is CCOc1ccccc1C(=O)N(C)CCCCCCl. The number of unbranched alkanes of at least 4 members (excludes halogenated alkanes) is 2. The Morgan fingerprint density at radius 1 is 1.26 bits per heavy atom. The second kappa shape index (κ2) is 8.81. The van der Waals surface area contributed by atoms with Gasteiger partial charge in [-0.3, -0.25) is 4.79 Å². The maximum absolute atomic E-state index is 12.3. The molecule has 0 radical (unpaired) electrons. The van der Waals surface area contributed by atoms with Crippen molar-refractivity contribution in [2.75, 3.05) is 26.1 Å². The van der Waals surface area contributed by atoms with Crippen LogP contribution in [-0.4, -0.2) is 36.9 Å².